The highest BCUT2D eigenvalue weighted by atomic mass is 35.5. The predicted octanol–water partition coefficient (Wildman–Crippen LogP) is 1.25. The van der Waals surface area contributed by atoms with Crippen LogP contribution in [0.2, 0.25) is 0 Å². The summed E-state index contributed by atoms with van der Waals surface area (Å²) in [4.78, 5) is 25.5. The fourth-order valence-corrected chi connectivity index (χ4v) is 1.88. The van der Waals surface area contributed by atoms with Gasteiger partial charge in [-0.25, -0.2) is 0 Å². The van der Waals surface area contributed by atoms with Crippen molar-refractivity contribution >= 4 is 23.4 Å². The van der Waals surface area contributed by atoms with Crippen molar-refractivity contribution in [2.75, 3.05) is 6.54 Å². The van der Waals surface area contributed by atoms with Crippen LogP contribution in [0.1, 0.15) is 27.2 Å². The maximum absolute atomic E-state index is 12.0. The molecule has 2 unspecified atom stereocenters. The molecule has 1 N–H and O–H groups in total. The quantitative estimate of drug-likeness (QED) is 0.813. The molecular weight excluding hydrogens is 228 g/mol. The van der Waals surface area contributed by atoms with E-state index in [1.807, 2.05) is 6.92 Å². The monoisotopic (exact) mass is 244 g/mol. The van der Waals surface area contributed by atoms with E-state index in [1.54, 1.807) is 24.8 Å². The summed E-state index contributed by atoms with van der Waals surface area (Å²) in [5.74, 6) is -0.177. The van der Waals surface area contributed by atoms with E-state index in [-0.39, 0.29) is 11.8 Å². The van der Waals surface area contributed by atoms with Crippen molar-refractivity contribution in [3.8, 4) is 0 Å². The lowest BCUT2D eigenvalue weighted by molar-refractivity contribution is -0.155. The Morgan fingerprint density at radius 2 is 2.19 bits per heavy atom. The van der Waals surface area contributed by atoms with E-state index in [4.69, 9.17) is 11.6 Å². The molecular formula is C11H17ClN2O2. The Balaban J connectivity index is 3.02. The van der Waals surface area contributed by atoms with Crippen molar-refractivity contribution in [3.05, 3.63) is 11.6 Å². The van der Waals surface area contributed by atoms with Gasteiger partial charge in [-0.1, -0.05) is 24.6 Å². The Kier molecular flexibility index (Phi) is 3.97. The number of nitrogens with one attached hydrogen (secondary N) is 1. The fraction of sp³-hybridized carbons (Fsp3) is 0.636. The van der Waals surface area contributed by atoms with Crippen molar-refractivity contribution in [1.82, 2.24) is 10.2 Å². The zero-order valence-corrected chi connectivity index (χ0v) is 10.5. The zero-order valence-electron chi connectivity index (χ0n) is 9.79. The average molecular weight is 245 g/mol. The summed E-state index contributed by atoms with van der Waals surface area (Å²) in [5, 5.41) is 2.69. The molecule has 0 aromatic carbocycles. The van der Waals surface area contributed by atoms with E-state index in [1.165, 1.54) is 5.54 Å². The molecule has 2 atom stereocenters. The van der Waals surface area contributed by atoms with Gasteiger partial charge in [0.05, 0.1) is 0 Å². The first-order chi connectivity index (χ1) is 7.47. The molecule has 0 spiro atoms. The SMILES string of the molecule is CCC1(C)C(=O)NC(C)C(=O)N1C/C=C/Cl. The van der Waals surface area contributed by atoms with Crippen molar-refractivity contribution in [3.63, 3.8) is 0 Å². The van der Waals surface area contributed by atoms with E-state index in [0.29, 0.717) is 13.0 Å². The second kappa shape index (κ2) is 4.87. The second-order valence-electron chi connectivity index (χ2n) is 4.13. The molecule has 1 aliphatic heterocycles. The highest BCUT2D eigenvalue weighted by Gasteiger charge is 2.46. The number of halogens is 1. The maximum Gasteiger partial charge on any atom is 0.246 e. The van der Waals surface area contributed by atoms with Crippen LogP contribution in [0, 0.1) is 0 Å². The molecule has 1 heterocycles. The summed E-state index contributed by atoms with van der Waals surface area (Å²) >= 11 is 5.46. The van der Waals surface area contributed by atoms with Crippen molar-refractivity contribution < 1.29 is 9.59 Å². The largest absolute Gasteiger partial charge is 0.343 e. The number of rotatable bonds is 3. The Hall–Kier alpha value is -1.03. The fourth-order valence-electron chi connectivity index (χ4n) is 1.80. The number of carbonyl (C=O) groups is 2. The van der Waals surface area contributed by atoms with Crippen LogP contribution in [0.5, 0.6) is 0 Å². The van der Waals surface area contributed by atoms with E-state index in [2.05, 4.69) is 5.32 Å². The number of hydrogen-bond donors (Lipinski definition) is 1. The molecule has 5 heteroatoms. The molecule has 1 aliphatic rings. The number of carbonyl (C=O) groups excluding carboxylic acids is 2. The summed E-state index contributed by atoms with van der Waals surface area (Å²) < 4.78 is 0. The van der Waals surface area contributed by atoms with Gasteiger partial charge in [-0.3, -0.25) is 9.59 Å². The van der Waals surface area contributed by atoms with Gasteiger partial charge in [0.25, 0.3) is 0 Å². The topological polar surface area (TPSA) is 49.4 Å². The Bertz CT molecular complexity index is 330. The van der Waals surface area contributed by atoms with E-state index >= 15 is 0 Å². The maximum atomic E-state index is 12.0. The van der Waals surface area contributed by atoms with Gasteiger partial charge in [0.2, 0.25) is 11.8 Å². The van der Waals surface area contributed by atoms with Crippen molar-refractivity contribution in [2.24, 2.45) is 0 Å². The second-order valence-corrected chi connectivity index (χ2v) is 4.39. The van der Waals surface area contributed by atoms with Crippen LogP contribution >= 0.6 is 11.6 Å². The van der Waals surface area contributed by atoms with Crippen LogP contribution in [0.3, 0.4) is 0 Å². The van der Waals surface area contributed by atoms with E-state index in [0.717, 1.165) is 0 Å². The molecule has 0 aliphatic carbocycles. The first kappa shape index (κ1) is 13.0. The highest BCUT2D eigenvalue weighted by molar-refractivity contribution is 6.25. The third kappa shape index (κ3) is 2.07. The van der Waals surface area contributed by atoms with E-state index < -0.39 is 11.6 Å². The summed E-state index contributed by atoms with van der Waals surface area (Å²) in [6.07, 6.45) is 2.24. The molecule has 0 saturated carbocycles. The van der Waals surface area contributed by atoms with Crippen LogP contribution in [-0.4, -0.2) is 34.8 Å². The number of amides is 2. The average Bonchev–Trinajstić information content (AvgIpc) is 2.26. The molecule has 0 aromatic rings. The lowest BCUT2D eigenvalue weighted by Crippen LogP contribution is -2.68. The lowest BCUT2D eigenvalue weighted by Gasteiger charge is -2.44. The van der Waals surface area contributed by atoms with Gasteiger partial charge in [-0.15, -0.1) is 0 Å². The third-order valence-electron chi connectivity index (χ3n) is 3.13. The smallest absolute Gasteiger partial charge is 0.246 e. The molecule has 4 nitrogen and oxygen atoms in total. The van der Waals surface area contributed by atoms with Gasteiger partial charge in [0.15, 0.2) is 0 Å². The van der Waals surface area contributed by atoms with Crippen LogP contribution < -0.4 is 5.32 Å². The van der Waals surface area contributed by atoms with Gasteiger partial charge in [0.1, 0.15) is 11.6 Å². The number of nitrogens with zero attached hydrogens (tertiary/aromatic N) is 1. The molecule has 0 aromatic heterocycles. The molecule has 0 bridgehead atoms. The minimum absolute atomic E-state index is 0.0706. The van der Waals surface area contributed by atoms with Crippen LogP contribution in [0.15, 0.2) is 11.6 Å². The Morgan fingerprint density at radius 1 is 1.56 bits per heavy atom. The standard InChI is InChI=1S/C11H17ClN2O2/c1-4-11(3)10(16)13-8(2)9(15)14(11)7-5-6-12/h5-6,8H,4,7H2,1-3H3,(H,13,16)/b6-5+. The third-order valence-corrected chi connectivity index (χ3v) is 3.31. The van der Waals surface area contributed by atoms with Crippen LogP contribution in [0.4, 0.5) is 0 Å². The molecule has 90 valence electrons. The summed E-state index contributed by atoms with van der Waals surface area (Å²) in [5.41, 5.74) is 0.584. The molecule has 16 heavy (non-hydrogen) atoms. The van der Waals surface area contributed by atoms with Crippen LogP contribution in [0.25, 0.3) is 0 Å². The normalized spacial score (nSPS) is 31.0. The summed E-state index contributed by atoms with van der Waals surface area (Å²) in [7, 11) is 0. The van der Waals surface area contributed by atoms with Gasteiger partial charge < -0.3 is 10.2 Å². The zero-order chi connectivity index (χ0) is 12.3. The summed E-state index contributed by atoms with van der Waals surface area (Å²) in [6, 6.07) is -0.462. The van der Waals surface area contributed by atoms with Gasteiger partial charge in [-0.05, 0) is 20.3 Å². The van der Waals surface area contributed by atoms with Crippen molar-refractivity contribution in [1.29, 1.82) is 0 Å². The van der Waals surface area contributed by atoms with Crippen LogP contribution in [-0.2, 0) is 9.59 Å². The summed E-state index contributed by atoms with van der Waals surface area (Å²) in [6.45, 7) is 5.71. The molecule has 1 fully saturated rings. The first-order valence-electron chi connectivity index (χ1n) is 5.35. The van der Waals surface area contributed by atoms with E-state index in [9.17, 15) is 9.59 Å². The number of hydrogen-bond acceptors (Lipinski definition) is 2. The minimum atomic E-state index is -0.778. The van der Waals surface area contributed by atoms with Crippen molar-refractivity contribution in [2.45, 2.75) is 38.8 Å². The number of piperazine rings is 1. The molecule has 2 amide bonds. The minimum Gasteiger partial charge on any atom is -0.343 e. The van der Waals surface area contributed by atoms with Gasteiger partial charge in [-0.2, -0.15) is 0 Å². The lowest BCUT2D eigenvalue weighted by atomic mass is 9.91. The Labute approximate surface area is 101 Å². The predicted molar refractivity (Wildman–Crippen MR) is 63.0 cm³/mol. The molecule has 1 saturated heterocycles. The van der Waals surface area contributed by atoms with Gasteiger partial charge >= 0.3 is 0 Å². The molecule has 0 radical (unpaired) electrons. The first-order valence-corrected chi connectivity index (χ1v) is 5.78. The Morgan fingerprint density at radius 3 is 2.69 bits per heavy atom. The highest BCUT2D eigenvalue weighted by Crippen LogP contribution is 2.24. The van der Waals surface area contributed by atoms with Gasteiger partial charge in [0, 0.05) is 12.1 Å². The molecule has 1 rings (SSSR count).